The Hall–Kier alpha value is -3.06. The number of aromatic hydroxyl groups is 1. The maximum atomic E-state index is 10.3. The van der Waals surface area contributed by atoms with Crippen LogP contribution in [0.15, 0.2) is 48.7 Å². The lowest BCUT2D eigenvalue weighted by Crippen LogP contribution is -2.13. The van der Waals surface area contributed by atoms with Gasteiger partial charge in [0, 0.05) is 18.5 Å². The quantitative estimate of drug-likeness (QED) is 0.756. The Balaban J connectivity index is 1.56. The lowest BCUT2D eigenvalue weighted by atomic mass is 10.1. The van der Waals surface area contributed by atoms with Crippen molar-refractivity contribution in [3.63, 3.8) is 0 Å². The zero-order valence-corrected chi connectivity index (χ0v) is 14.3. The van der Waals surface area contributed by atoms with E-state index in [0.717, 1.165) is 43.7 Å². The first-order valence-electron chi connectivity index (χ1n) is 8.71. The summed E-state index contributed by atoms with van der Waals surface area (Å²) >= 11 is 0. The van der Waals surface area contributed by atoms with Gasteiger partial charge in [0.1, 0.15) is 11.4 Å². The molecule has 7 heteroatoms. The first-order valence-corrected chi connectivity index (χ1v) is 8.71. The molecular formula is C19H20N6O. The summed E-state index contributed by atoms with van der Waals surface area (Å²) in [5.74, 6) is 0.517. The standard InChI is InChI=1S/C19H20N6O/c26-18-11-16(25-9-8-21-13-25)3-4-17(18)19-22-12-15(23-24-19)10-14-2-1-6-20-7-5-14/h3-4,8-13,20,26H,1-2,5-7H2/b14-10+. The van der Waals surface area contributed by atoms with Crippen LogP contribution in [-0.2, 0) is 0 Å². The predicted molar refractivity (Wildman–Crippen MR) is 98.7 cm³/mol. The fourth-order valence-corrected chi connectivity index (χ4v) is 3.05. The van der Waals surface area contributed by atoms with Crippen molar-refractivity contribution in [3.05, 3.63) is 54.4 Å². The maximum Gasteiger partial charge on any atom is 0.185 e. The minimum absolute atomic E-state index is 0.110. The Morgan fingerprint density at radius 1 is 1.15 bits per heavy atom. The van der Waals surface area contributed by atoms with E-state index in [1.165, 1.54) is 5.57 Å². The van der Waals surface area contributed by atoms with Gasteiger partial charge in [0.05, 0.1) is 23.8 Å². The van der Waals surface area contributed by atoms with Gasteiger partial charge >= 0.3 is 0 Å². The molecule has 1 aliphatic heterocycles. The zero-order chi connectivity index (χ0) is 17.8. The number of nitrogens with one attached hydrogen (secondary N) is 1. The van der Waals surface area contributed by atoms with E-state index in [4.69, 9.17) is 0 Å². The highest BCUT2D eigenvalue weighted by molar-refractivity contribution is 5.66. The molecular weight excluding hydrogens is 328 g/mol. The molecule has 0 aliphatic carbocycles. The summed E-state index contributed by atoms with van der Waals surface area (Å²) in [6, 6.07) is 5.33. The minimum Gasteiger partial charge on any atom is -0.507 e. The van der Waals surface area contributed by atoms with Crippen LogP contribution < -0.4 is 5.32 Å². The molecule has 3 heterocycles. The van der Waals surface area contributed by atoms with Crippen LogP contribution in [-0.4, -0.2) is 42.9 Å². The Bertz CT molecular complexity index is 892. The third kappa shape index (κ3) is 3.62. The van der Waals surface area contributed by atoms with Crippen molar-refractivity contribution in [1.82, 2.24) is 30.0 Å². The van der Waals surface area contributed by atoms with E-state index < -0.39 is 0 Å². The van der Waals surface area contributed by atoms with E-state index in [1.54, 1.807) is 30.9 Å². The van der Waals surface area contributed by atoms with Gasteiger partial charge in [0.15, 0.2) is 5.82 Å². The normalized spacial score (nSPS) is 16.5. The van der Waals surface area contributed by atoms with Crippen LogP contribution in [0.1, 0.15) is 25.0 Å². The average Bonchev–Trinajstić information content (AvgIpc) is 3.08. The fraction of sp³-hybridized carbons (Fsp3) is 0.263. The largest absolute Gasteiger partial charge is 0.507 e. The second-order valence-corrected chi connectivity index (χ2v) is 6.28. The number of hydrogen-bond donors (Lipinski definition) is 2. The summed E-state index contributed by atoms with van der Waals surface area (Å²) in [6.45, 7) is 2.07. The Kier molecular flexibility index (Phi) is 4.70. The highest BCUT2D eigenvalue weighted by Gasteiger charge is 2.10. The van der Waals surface area contributed by atoms with Gasteiger partial charge in [-0.3, -0.25) is 0 Å². The van der Waals surface area contributed by atoms with E-state index >= 15 is 0 Å². The summed E-state index contributed by atoms with van der Waals surface area (Å²) in [6.07, 6.45) is 12.2. The van der Waals surface area contributed by atoms with Gasteiger partial charge in [-0.15, -0.1) is 10.2 Å². The van der Waals surface area contributed by atoms with Crippen LogP contribution in [0, 0.1) is 0 Å². The van der Waals surface area contributed by atoms with E-state index in [0.29, 0.717) is 11.4 Å². The molecule has 0 radical (unpaired) electrons. The highest BCUT2D eigenvalue weighted by Crippen LogP contribution is 2.28. The van der Waals surface area contributed by atoms with Gasteiger partial charge in [-0.1, -0.05) is 5.57 Å². The number of imidazole rings is 1. The summed E-state index contributed by atoms with van der Waals surface area (Å²) in [7, 11) is 0. The van der Waals surface area contributed by atoms with E-state index in [1.807, 2.05) is 16.8 Å². The van der Waals surface area contributed by atoms with Crippen LogP contribution in [0.25, 0.3) is 23.2 Å². The average molecular weight is 348 g/mol. The summed E-state index contributed by atoms with van der Waals surface area (Å²) in [4.78, 5) is 8.39. The molecule has 0 unspecified atom stereocenters. The molecule has 1 fully saturated rings. The molecule has 1 aromatic carbocycles. The summed E-state index contributed by atoms with van der Waals surface area (Å²) < 4.78 is 1.82. The van der Waals surface area contributed by atoms with Crippen LogP contribution in [0.2, 0.25) is 0 Å². The molecule has 1 saturated heterocycles. The molecule has 3 aromatic rings. The lowest BCUT2D eigenvalue weighted by Gasteiger charge is -2.07. The molecule has 0 amide bonds. The molecule has 132 valence electrons. The van der Waals surface area contributed by atoms with Crippen molar-refractivity contribution in [3.8, 4) is 22.8 Å². The molecule has 0 spiro atoms. The number of phenolic OH excluding ortho intramolecular Hbond substituents is 1. The molecule has 2 N–H and O–H groups in total. The number of benzene rings is 1. The molecule has 0 saturated carbocycles. The van der Waals surface area contributed by atoms with E-state index in [-0.39, 0.29) is 5.75 Å². The first kappa shape index (κ1) is 16.4. The molecule has 1 aliphatic rings. The number of phenols is 1. The van der Waals surface area contributed by atoms with Gasteiger partial charge in [0.25, 0.3) is 0 Å². The van der Waals surface area contributed by atoms with Crippen molar-refractivity contribution < 1.29 is 5.11 Å². The topological polar surface area (TPSA) is 88.8 Å². The Morgan fingerprint density at radius 3 is 2.88 bits per heavy atom. The summed E-state index contributed by atoms with van der Waals surface area (Å²) in [5.41, 5.74) is 3.49. The number of hydrogen-bond acceptors (Lipinski definition) is 6. The van der Waals surface area contributed by atoms with Gasteiger partial charge in [-0.25, -0.2) is 9.97 Å². The molecule has 7 nitrogen and oxygen atoms in total. The predicted octanol–water partition coefficient (Wildman–Crippen LogP) is 2.59. The third-order valence-electron chi connectivity index (χ3n) is 4.43. The monoisotopic (exact) mass is 348 g/mol. The zero-order valence-electron chi connectivity index (χ0n) is 14.3. The summed E-state index contributed by atoms with van der Waals surface area (Å²) in [5, 5.41) is 22.2. The molecule has 0 atom stereocenters. The second-order valence-electron chi connectivity index (χ2n) is 6.28. The number of aromatic nitrogens is 5. The van der Waals surface area contributed by atoms with Crippen LogP contribution >= 0.6 is 0 Å². The van der Waals surface area contributed by atoms with Crippen LogP contribution in [0.5, 0.6) is 5.75 Å². The third-order valence-corrected chi connectivity index (χ3v) is 4.43. The Labute approximate surface area is 151 Å². The van der Waals surface area contributed by atoms with E-state index in [9.17, 15) is 5.11 Å². The van der Waals surface area contributed by atoms with Crippen molar-refractivity contribution in [1.29, 1.82) is 0 Å². The molecule has 4 rings (SSSR count). The fourth-order valence-electron chi connectivity index (χ4n) is 3.05. The highest BCUT2D eigenvalue weighted by atomic mass is 16.3. The van der Waals surface area contributed by atoms with Gasteiger partial charge in [0.2, 0.25) is 0 Å². The van der Waals surface area contributed by atoms with Crippen molar-refractivity contribution in [2.75, 3.05) is 13.1 Å². The molecule has 26 heavy (non-hydrogen) atoms. The number of rotatable bonds is 3. The first-order chi connectivity index (χ1) is 12.8. The van der Waals surface area contributed by atoms with E-state index in [2.05, 4.69) is 31.6 Å². The Morgan fingerprint density at radius 2 is 2.12 bits per heavy atom. The lowest BCUT2D eigenvalue weighted by molar-refractivity contribution is 0.476. The minimum atomic E-state index is 0.110. The van der Waals surface area contributed by atoms with Crippen LogP contribution in [0.3, 0.4) is 0 Å². The van der Waals surface area contributed by atoms with Crippen molar-refractivity contribution in [2.24, 2.45) is 0 Å². The van der Waals surface area contributed by atoms with Gasteiger partial charge < -0.3 is 15.0 Å². The van der Waals surface area contributed by atoms with Gasteiger partial charge in [-0.2, -0.15) is 0 Å². The molecule has 2 aromatic heterocycles. The maximum absolute atomic E-state index is 10.3. The van der Waals surface area contributed by atoms with Crippen molar-refractivity contribution >= 4 is 6.08 Å². The van der Waals surface area contributed by atoms with Gasteiger partial charge in [-0.05, 0) is 50.6 Å². The van der Waals surface area contributed by atoms with Crippen molar-refractivity contribution in [2.45, 2.75) is 19.3 Å². The SMILES string of the molecule is Oc1cc(-n2ccnc2)ccc1-c1ncc(/C=C2\CCCNCC2)nn1. The van der Waals surface area contributed by atoms with Crippen LogP contribution in [0.4, 0.5) is 0 Å². The second kappa shape index (κ2) is 7.45. The molecule has 0 bridgehead atoms. The smallest absolute Gasteiger partial charge is 0.185 e. The number of nitrogens with zero attached hydrogens (tertiary/aromatic N) is 5.